The van der Waals surface area contributed by atoms with Crippen molar-refractivity contribution in [3.63, 3.8) is 0 Å². The summed E-state index contributed by atoms with van der Waals surface area (Å²) in [4.78, 5) is 11.3. The lowest BCUT2D eigenvalue weighted by Gasteiger charge is -2.35. The third-order valence-corrected chi connectivity index (χ3v) is 3.02. The number of amides is 1. The molecule has 0 bridgehead atoms. The topological polar surface area (TPSA) is 64.3 Å². The Morgan fingerprint density at radius 3 is 2.60 bits per heavy atom. The van der Waals surface area contributed by atoms with Gasteiger partial charge in [-0.25, -0.2) is 0 Å². The molecule has 1 aliphatic carbocycles. The van der Waals surface area contributed by atoms with Crippen LogP contribution in [0.15, 0.2) is 0 Å². The van der Waals surface area contributed by atoms with E-state index in [0.717, 1.165) is 25.7 Å². The van der Waals surface area contributed by atoms with Crippen LogP contribution in [0.2, 0.25) is 0 Å². The first-order chi connectivity index (χ1) is 7.22. The fraction of sp³-hybridized carbons (Fsp3) is 0.909. The molecular formula is C11H22N2O2. The quantitative estimate of drug-likeness (QED) is 0.711. The van der Waals surface area contributed by atoms with Crippen molar-refractivity contribution < 1.29 is 9.53 Å². The monoisotopic (exact) mass is 214 g/mol. The summed E-state index contributed by atoms with van der Waals surface area (Å²) in [5.41, 5.74) is 5.51. The van der Waals surface area contributed by atoms with Crippen LogP contribution in [0.4, 0.5) is 0 Å². The molecule has 3 N–H and O–H groups in total. The van der Waals surface area contributed by atoms with Crippen LogP contribution in [0.5, 0.6) is 0 Å². The van der Waals surface area contributed by atoms with Gasteiger partial charge >= 0.3 is 0 Å². The van der Waals surface area contributed by atoms with Gasteiger partial charge in [-0.3, -0.25) is 4.79 Å². The first kappa shape index (κ1) is 12.5. The fourth-order valence-electron chi connectivity index (χ4n) is 2.07. The molecule has 0 heterocycles. The normalized spacial score (nSPS) is 19.9. The Kier molecular flexibility index (Phi) is 5.05. The van der Waals surface area contributed by atoms with E-state index in [4.69, 9.17) is 10.5 Å². The number of carbonyl (C=O) groups excluding carboxylic acids is 1. The molecule has 1 rings (SSSR count). The molecule has 0 radical (unpaired) electrons. The fourth-order valence-corrected chi connectivity index (χ4v) is 2.07. The van der Waals surface area contributed by atoms with Gasteiger partial charge in [0, 0.05) is 13.1 Å². The molecule has 4 nitrogen and oxygen atoms in total. The van der Waals surface area contributed by atoms with E-state index in [1.165, 1.54) is 6.42 Å². The van der Waals surface area contributed by atoms with Gasteiger partial charge in [0.1, 0.15) is 6.61 Å². The molecule has 0 aromatic carbocycles. The van der Waals surface area contributed by atoms with Crippen LogP contribution in [0, 0.1) is 0 Å². The number of hydrogen-bond acceptors (Lipinski definition) is 3. The average molecular weight is 214 g/mol. The highest BCUT2D eigenvalue weighted by atomic mass is 16.5. The second kappa shape index (κ2) is 6.08. The number of hydrogen-bond donors (Lipinski definition) is 2. The molecule has 4 heteroatoms. The molecule has 1 amide bonds. The maximum absolute atomic E-state index is 11.3. The van der Waals surface area contributed by atoms with Crippen molar-refractivity contribution in [2.75, 3.05) is 19.7 Å². The Morgan fingerprint density at radius 2 is 2.07 bits per heavy atom. The van der Waals surface area contributed by atoms with Crippen LogP contribution in [-0.2, 0) is 9.53 Å². The minimum absolute atomic E-state index is 0.0455. The number of rotatable bonds is 5. The molecule has 88 valence electrons. The lowest BCUT2D eigenvalue weighted by molar-refractivity contribution is -0.135. The van der Waals surface area contributed by atoms with Crippen LogP contribution in [0.1, 0.15) is 39.0 Å². The Labute approximate surface area is 91.5 Å². The van der Waals surface area contributed by atoms with Gasteiger partial charge in [0.2, 0.25) is 5.91 Å². The van der Waals surface area contributed by atoms with Gasteiger partial charge in [-0.1, -0.05) is 19.3 Å². The lowest BCUT2D eigenvalue weighted by atomic mass is 9.85. The standard InChI is InChI=1S/C11H22N2O2/c1-2-13-10(14)8-15-11(9-12)6-4-3-5-7-11/h2-9,12H2,1H3,(H,13,14). The summed E-state index contributed by atoms with van der Waals surface area (Å²) in [6, 6.07) is 0. The van der Waals surface area contributed by atoms with Crippen molar-refractivity contribution >= 4 is 5.91 Å². The lowest BCUT2D eigenvalue weighted by Crippen LogP contribution is -2.44. The van der Waals surface area contributed by atoms with Gasteiger partial charge < -0.3 is 15.8 Å². The van der Waals surface area contributed by atoms with Gasteiger partial charge in [0.05, 0.1) is 5.60 Å². The van der Waals surface area contributed by atoms with Crippen molar-refractivity contribution in [3.05, 3.63) is 0 Å². The predicted octanol–water partition coefficient (Wildman–Crippen LogP) is 0.801. The summed E-state index contributed by atoms with van der Waals surface area (Å²) < 4.78 is 5.70. The van der Waals surface area contributed by atoms with Gasteiger partial charge in [-0.05, 0) is 19.8 Å². The SMILES string of the molecule is CCNC(=O)COC1(CN)CCCCC1. The zero-order valence-electron chi connectivity index (χ0n) is 9.55. The summed E-state index contributed by atoms with van der Waals surface area (Å²) in [5, 5.41) is 2.72. The van der Waals surface area contributed by atoms with E-state index in [-0.39, 0.29) is 18.1 Å². The number of nitrogens with one attached hydrogen (secondary N) is 1. The molecule has 0 aliphatic heterocycles. The van der Waals surface area contributed by atoms with E-state index in [1.807, 2.05) is 6.92 Å². The smallest absolute Gasteiger partial charge is 0.246 e. The molecule has 0 saturated heterocycles. The third kappa shape index (κ3) is 3.80. The van der Waals surface area contributed by atoms with Crippen molar-refractivity contribution in [2.24, 2.45) is 5.73 Å². The van der Waals surface area contributed by atoms with Gasteiger partial charge in [-0.2, -0.15) is 0 Å². The van der Waals surface area contributed by atoms with E-state index in [1.54, 1.807) is 0 Å². The summed E-state index contributed by atoms with van der Waals surface area (Å²) in [5.74, 6) is -0.0455. The van der Waals surface area contributed by atoms with E-state index >= 15 is 0 Å². The average Bonchev–Trinajstić information content (AvgIpc) is 2.28. The van der Waals surface area contributed by atoms with Crippen LogP contribution >= 0.6 is 0 Å². The summed E-state index contributed by atoms with van der Waals surface area (Å²) >= 11 is 0. The summed E-state index contributed by atoms with van der Waals surface area (Å²) in [6.45, 7) is 3.21. The Hall–Kier alpha value is -0.610. The molecule has 15 heavy (non-hydrogen) atoms. The van der Waals surface area contributed by atoms with Crippen LogP contribution in [-0.4, -0.2) is 31.2 Å². The number of ether oxygens (including phenoxy) is 1. The van der Waals surface area contributed by atoms with Gasteiger partial charge in [-0.15, -0.1) is 0 Å². The maximum atomic E-state index is 11.3. The highest BCUT2D eigenvalue weighted by molar-refractivity contribution is 5.77. The molecule has 0 aromatic rings. The van der Waals surface area contributed by atoms with Crippen LogP contribution in [0.25, 0.3) is 0 Å². The first-order valence-corrected chi connectivity index (χ1v) is 5.83. The highest BCUT2D eigenvalue weighted by Gasteiger charge is 2.31. The largest absolute Gasteiger partial charge is 0.364 e. The minimum atomic E-state index is -0.233. The second-order valence-corrected chi connectivity index (χ2v) is 4.19. The van der Waals surface area contributed by atoms with E-state index in [0.29, 0.717) is 13.1 Å². The second-order valence-electron chi connectivity index (χ2n) is 4.19. The molecule has 1 aliphatic rings. The molecule has 1 saturated carbocycles. The predicted molar refractivity (Wildman–Crippen MR) is 59.5 cm³/mol. The third-order valence-electron chi connectivity index (χ3n) is 3.02. The molecule has 0 atom stereocenters. The number of nitrogens with two attached hydrogens (primary N) is 1. The zero-order valence-corrected chi connectivity index (χ0v) is 9.55. The van der Waals surface area contributed by atoms with Crippen molar-refractivity contribution in [1.29, 1.82) is 0 Å². The van der Waals surface area contributed by atoms with Gasteiger partial charge in [0.15, 0.2) is 0 Å². The molecule has 0 unspecified atom stereocenters. The zero-order chi connectivity index (χ0) is 11.1. The molecule has 0 spiro atoms. The summed E-state index contributed by atoms with van der Waals surface area (Å²) in [6.07, 6.45) is 5.55. The van der Waals surface area contributed by atoms with E-state index in [9.17, 15) is 4.79 Å². The van der Waals surface area contributed by atoms with Crippen LogP contribution < -0.4 is 11.1 Å². The highest BCUT2D eigenvalue weighted by Crippen LogP contribution is 2.30. The van der Waals surface area contributed by atoms with Crippen molar-refractivity contribution in [1.82, 2.24) is 5.32 Å². The minimum Gasteiger partial charge on any atom is -0.364 e. The van der Waals surface area contributed by atoms with Crippen molar-refractivity contribution in [2.45, 2.75) is 44.6 Å². The van der Waals surface area contributed by atoms with E-state index in [2.05, 4.69) is 5.32 Å². The number of likely N-dealkylation sites (N-methyl/N-ethyl adjacent to an activating group) is 1. The van der Waals surface area contributed by atoms with Gasteiger partial charge in [0.25, 0.3) is 0 Å². The molecule has 0 aromatic heterocycles. The van der Waals surface area contributed by atoms with E-state index < -0.39 is 0 Å². The Bertz CT molecular complexity index is 201. The molecular weight excluding hydrogens is 192 g/mol. The summed E-state index contributed by atoms with van der Waals surface area (Å²) in [7, 11) is 0. The maximum Gasteiger partial charge on any atom is 0.246 e. The number of carbonyl (C=O) groups is 1. The Morgan fingerprint density at radius 1 is 1.40 bits per heavy atom. The Balaban J connectivity index is 2.35. The first-order valence-electron chi connectivity index (χ1n) is 5.83. The van der Waals surface area contributed by atoms with Crippen molar-refractivity contribution in [3.8, 4) is 0 Å². The molecule has 1 fully saturated rings. The van der Waals surface area contributed by atoms with Crippen LogP contribution in [0.3, 0.4) is 0 Å².